The number of halogens is 4. The van der Waals surface area contributed by atoms with Gasteiger partial charge < -0.3 is 9.47 Å². The molecule has 0 aromatic carbocycles. The fourth-order valence-corrected chi connectivity index (χ4v) is 0.814. The van der Waals surface area contributed by atoms with Gasteiger partial charge >= 0.3 is 23.8 Å². The summed E-state index contributed by atoms with van der Waals surface area (Å²) >= 11 is 0. The van der Waals surface area contributed by atoms with Crippen LogP contribution in [0.3, 0.4) is 0 Å². The molecule has 0 heterocycles. The maximum Gasteiger partial charge on any atom is 0.343 e. The van der Waals surface area contributed by atoms with Crippen LogP contribution in [-0.2, 0) is 19.1 Å². The second-order valence-electron chi connectivity index (χ2n) is 5.39. The number of hydrogen-bond donors (Lipinski definition) is 0. The molecule has 0 N–H and O–H groups in total. The summed E-state index contributed by atoms with van der Waals surface area (Å²) in [5.74, 6) is -10.4. The molecule has 0 radical (unpaired) electrons. The Hall–Kier alpha value is -1.34. The summed E-state index contributed by atoms with van der Waals surface area (Å²) in [4.78, 5) is 22.4. The monoisotopic (exact) mass is 302 g/mol. The van der Waals surface area contributed by atoms with Gasteiger partial charge in [-0.2, -0.15) is 8.78 Å². The quantitative estimate of drug-likeness (QED) is 0.559. The van der Waals surface area contributed by atoms with Gasteiger partial charge in [-0.15, -0.1) is 0 Å². The summed E-state index contributed by atoms with van der Waals surface area (Å²) in [5.41, 5.74) is -0.763. The maximum absolute atomic E-state index is 12.8. The Kier molecular flexibility index (Phi) is 5.98. The summed E-state index contributed by atoms with van der Waals surface area (Å²) < 4.78 is 59.2. The molecule has 0 aliphatic heterocycles. The second-order valence-corrected chi connectivity index (χ2v) is 5.39. The first-order valence-corrected chi connectivity index (χ1v) is 5.86. The van der Waals surface area contributed by atoms with E-state index in [1.54, 1.807) is 20.8 Å². The fraction of sp³-hybridized carbons (Fsp3) is 0.833. The molecule has 0 spiro atoms. The minimum Gasteiger partial charge on any atom is -0.465 e. The van der Waals surface area contributed by atoms with Crippen LogP contribution in [0.1, 0.15) is 34.1 Å². The fourth-order valence-electron chi connectivity index (χ4n) is 0.814. The highest BCUT2D eigenvalue weighted by Gasteiger charge is 2.53. The molecule has 0 unspecified atom stereocenters. The zero-order valence-electron chi connectivity index (χ0n) is 11.8. The van der Waals surface area contributed by atoms with Crippen molar-refractivity contribution in [2.45, 2.75) is 46.0 Å². The first-order chi connectivity index (χ1) is 8.77. The lowest BCUT2D eigenvalue weighted by atomic mass is 9.97. The van der Waals surface area contributed by atoms with Gasteiger partial charge in [0, 0.05) is 6.92 Å². The maximum atomic E-state index is 12.8. The van der Waals surface area contributed by atoms with Crippen LogP contribution >= 0.6 is 0 Å². The van der Waals surface area contributed by atoms with Crippen molar-refractivity contribution in [2.24, 2.45) is 5.41 Å². The van der Waals surface area contributed by atoms with Crippen molar-refractivity contribution in [3.63, 3.8) is 0 Å². The van der Waals surface area contributed by atoms with E-state index in [4.69, 9.17) is 4.74 Å². The number of alkyl halides is 4. The van der Waals surface area contributed by atoms with Crippen molar-refractivity contribution >= 4 is 11.9 Å². The molecule has 118 valence electrons. The zero-order valence-corrected chi connectivity index (χ0v) is 11.8. The van der Waals surface area contributed by atoms with Crippen molar-refractivity contribution in [2.75, 3.05) is 13.2 Å². The largest absolute Gasteiger partial charge is 0.465 e. The van der Waals surface area contributed by atoms with E-state index in [0.717, 1.165) is 0 Å². The smallest absolute Gasteiger partial charge is 0.343 e. The van der Waals surface area contributed by atoms with Gasteiger partial charge in [-0.3, -0.25) is 9.59 Å². The summed E-state index contributed by atoms with van der Waals surface area (Å²) in [5, 5.41) is 0. The standard InChI is InChI=1S/C12H18F4O4/c1-10(2,3)9(18)19-6-5-8(17)20-7-12(15,16)11(4,13)14/h5-7H2,1-4H3. The minimum atomic E-state index is -4.44. The molecule has 0 atom stereocenters. The molecular weight excluding hydrogens is 284 g/mol. The van der Waals surface area contributed by atoms with Crippen LogP contribution in [0.25, 0.3) is 0 Å². The predicted octanol–water partition coefficient (Wildman–Crippen LogP) is 2.80. The average molecular weight is 302 g/mol. The molecule has 0 aliphatic carbocycles. The highest BCUT2D eigenvalue weighted by atomic mass is 19.3. The molecule has 20 heavy (non-hydrogen) atoms. The van der Waals surface area contributed by atoms with Crippen molar-refractivity contribution in [3.8, 4) is 0 Å². The van der Waals surface area contributed by atoms with Gasteiger partial charge in [-0.25, -0.2) is 8.78 Å². The van der Waals surface area contributed by atoms with E-state index in [1.807, 2.05) is 0 Å². The van der Waals surface area contributed by atoms with E-state index in [-0.39, 0.29) is 13.5 Å². The van der Waals surface area contributed by atoms with Crippen LogP contribution in [0, 0.1) is 5.41 Å². The normalized spacial score (nSPS) is 13.0. The van der Waals surface area contributed by atoms with E-state index in [2.05, 4.69) is 4.74 Å². The highest BCUT2D eigenvalue weighted by Crippen LogP contribution is 2.33. The molecule has 0 amide bonds. The Morgan fingerprint density at radius 2 is 1.45 bits per heavy atom. The van der Waals surface area contributed by atoms with Crippen LogP contribution in [0.15, 0.2) is 0 Å². The number of ether oxygens (including phenoxy) is 2. The molecule has 0 bridgehead atoms. The third-order valence-electron chi connectivity index (χ3n) is 2.21. The molecule has 8 heteroatoms. The SMILES string of the molecule is CC(C)(C)C(=O)OCCC(=O)OCC(F)(F)C(C)(F)F. The number of carbonyl (C=O) groups is 2. The average Bonchev–Trinajstić information content (AvgIpc) is 2.23. The van der Waals surface area contributed by atoms with Crippen LogP contribution in [0.4, 0.5) is 17.6 Å². The van der Waals surface area contributed by atoms with Gasteiger partial charge in [0.15, 0.2) is 6.61 Å². The summed E-state index contributed by atoms with van der Waals surface area (Å²) in [6, 6.07) is 0. The molecule has 0 fully saturated rings. The van der Waals surface area contributed by atoms with Crippen molar-refractivity contribution in [3.05, 3.63) is 0 Å². The highest BCUT2D eigenvalue weighted by molar-refractivity contribution is 5.76. The Balaban J connectivity index is 4.07. The van der Waals surface area contributed by atoms with E-state index >= 15 is 0 Å². The van der Waals surface area contributed by atoms with Gasteiger partial charge in [-0.1, -0.05) is 0 Å². The van der Waals surface area contributed by atoms with Crippen LogP contribution in [0.2, 0.25) is 0 Å². The molecule has 0 saturated heterocycles. The third kappa shape index (κ3) is 6.21. The number of hydrogen-bond acceptors (Lipinski definition) is 4. The summed E-state index contributed by atoms with van der Waals surface area (Å²) in [7, 11) is 0. The molecule has 0 aromatic rings. The topological polar surface area (TPSA) is 52.6 Å². The molecule has 0 saturated carbocycles. The zero-order chi connectivity index (χ0) is 16.2. The Bertz CT molecular complexity index is 355. The number of esters is 2. The first kappa shape index (κ1) is 18.7. The summed E-state index contributed by atoms with van der Waals surface area (Å²) in [6.07, 6.45) is -0.479. The number of carbonyl (C=O) groups excluding carboxylic acids is 2. The van der Waals surface area contributed by atoms with Crippen molar-refractivity contribution in [1.82, 2.24) is 0 Å². The predicted molar refractivity (Wildman–Crippen MR) is 61.6 cm³/mol. The van der Waals surface area contributed by atoms with Crippen molar-refractivity contribution < 1.29 is 36.6 Å². The minimum absolute atomic E-state index is 0.0337. The van der Waals surface area contributed by atoms with Crippen LogP contribution in [-0.4, -0.2) is 37.0 Å². The number of rotatable bonds is 6. The molecule has 0 aliphatic rings. The molecular formula is C12H18F4O4. The van der Waals surface area contributed by atoms with E-state index in [0.29, 0.717) is 0 Å². The van der Waals surface area contributed by atoms with Crippen LogP contribution in [0.5, 0.6) is 0 Å². The molecule has 4 nitrogen and oxygen atoms in total. The van der Waals surface area contributed by atoms with Gasteiger partial charge in [0.1, 0.15) is 6.61 Å². The molecule has 0 aromatic heterocycles. The van der Waals surface area contributed by atoms with E-state index in [9.17, 15) is 27.2 Å². The second kappa shape index (κ2) is 6.41. The Morgan fingerprint density at radius 1 is 0.950 bits per heavy atom. The first-order valence-electron chi connectivity index (χ1n) is 5.86. The Labute approximate surface area is 114 Å². The molecule has 0 rings (SSSR count). The van der Waals surface area contributed by atoms with E-state index in [1.165, 1.54) is 0 Å². The lowest BCUT2D eigenvalue weighted by Gasteiger charge is -2.22. The van der Waals surface area contributed by atoms with Gasteiger partial charge in [0.05, 0.1) is 11.8 Å². The van der Waals surface area contributed by atoms with Crippen molar-refractivity contribution in [1.29, 1.82) is 0 Å². The van der Waals surface area contributed by atoms with E-state index < -0.39 is 42.2 Å². The van der Waals surface area contributed by atoms with Crippen LogP contribution < -0.4 is 0 Å². The lowest BCUT2D eigenvalue weighted by molar-refractivity contribution is -0.222. The Morgan fingerprint density at radius 3 is 1.85 bits per heavy atom. The lowest BCUT2D eigenvalue weighted by Crippen LogP contribution is -2.42. The van der Waals surface area contributed by atoms with Gasteiger partial charge in [-0.05, 0) is 20.8 Å². The third-order valence-corrected chi connectivity index (χ3v) is 2.21. The van der Waals surface area contributed by atoms with Gasteiger partial charge in [0.2, 0.25) is 0 Å². The summed E-state index contributed by atoms with van der Waals surface area (Å²) in [6.45, 7) is 2.74. The van der Waals surface area contributed by atoms with Gasteiger partial charge in [0.25, 0.3) is 0 Å².